The molecule has 0 heterocycles. The van der Waals surface area contributed by atoms with Crippen molar-refractivity contribution in [1.82, 2.24) is 0 Å². The summed E-state index contributed by atoms with van der Waals surface area (Å²) >= 11 is 0. The van der Waals surface area contributed by atoms with E-state index in [1.165, 1.54) is 0 Å². The van der Waals surface area contributed by atoms with Gasteiger partial charge in [0.2, 0.25) is 0 Å². The molecule has 72 valence electrons. The fourth-order valence-corrected chi connectivity index (χ4v) is 2.56. The molecule has 1 aliphatic rings. The van der Waals surface area contributed by atoms with Crippen molar-refractivity contribution in [1.29, 1.82) is 0 Å². The summed E-state index contributed by atoms with van der Waals surface area (Å²) < 4.78 is 0. The highest BCUT2D eigenvalue weighted by atomic mass is 16.3. The molecule has 1 rings (SSSR count). The van der Waals surface area contributed by atoms with Gasteiger partial charge in [-0.3, -0.25) is 0 Å². The molecule has 0 aromatic heterocycles. The van der Waals surface area contributed by atoms with Crippen LogP contribution in [0.2, 0.25) is 0 Å². The molecule has 2 N–H and O–H groups in total. The van der Waals surface area contributed by atoms with E-state index in [2.05, 4.69) is 20.8 Å². The van der Waals surface area contributed by atoms with Crippen LogP contribution in [0.15, 0.2) is 0 Å². The maximum atomic E-state index is 9.71. The zero-order valence-corrected chi connectivity index (χ0v) is 8.41. The summed E-state index contributed by atoms with van der Waals surface area (Å²) in [6.07, 6.45) is -0.0949. The smallest absolute Gasteiger partial charge is 0.0601 e. The van der Waals surface area contributed by atoms with Gasteiger partial charge >= 0.3 is 0 Å². The van der Waals surface area contributed by atoms with E-state index in [1.54, 1.807) is 0 Å². The van der Waals surface area contributed by atoms with E-state index in [1.807, 2.05) is 6.92 Å². The van der Waals surface area contributed by atoms with Crippen molar-refractivity contribution in [2.45, 2.75) is 46.3 Å². The summed E-state index contributed by atoms with van der Waals surface area (Å²) in [5, 5.41) is 19.2. The topological polar surface area (TPSA) is 40.5 Å². The molecule has 0 radical (unpaired) electrons. The van der Waals surface area contributed by atoms with Gasteiger partial charge in [-0.25, -0.2) is 0 Å². The van der Waals surface area contributed by atoms with Gasteiger partial charge < -0.3 is 10.2 Å². The summed E-state index contributed by atoms with van der Waals surface area (Å²) in [6, 6.07) is 0. The molecule has 0 aromatic carbocycles. The molecule has 0 bridgehead atoms. The van der Waals surface area contributed by atoms with Gasteiger partial charge in [0.25, 0.3) is 0 Å². The van der Waals surface area contributed by atoms with Crippen LogP contribution >= 0.6 is 0 Å². The zero-order chi connectivity index (χ0) is 9.52. The van der Waals surface area contributed by atoms with Crippen LogP contribution < -0.4 is 0 Å². The Morgan fingerprint density at radius 1 is 1.08 bits per heavy atom. The summed E-state index contributed by atoms with van der Waals surface area (Å²) in [5.74, 6) is 0.451. The van der Waals surface area contributed by atoms with Gasteiger partial charge in [0.1, 0.15) is 0 Å². The van der Waals surface area contributed by atoms with Crippen molar-refractivity contribution >= 4 is 0 Å². The second-order valence-corrected chi connectivity index (χ2v) is 5.12. The maximum absolute atomic E-state index is 9.71. The first-order chi connectivity index (χ1) is 5.34. The number of aliphatic hydroxyl groups is 2. The van der Waals surface area contributed by atoms with Crippen molar-refractivity contribution in [3.8, 4) is 0 Å². The van der Waals surface area contributed by atoms with Gasteiger partial charge in [0.05, 0.1) is 12.2 Å². The second-order valence-electron chi connectivity index (χ2n) is 5.12. The Morgan fingerprint density at radius 3 is 1.75 bits per heavy atom. The summed E-state index contributed by atoms with van der Waals surface area (Å²) in [4.78, 5) is 0. The van der Waals surface area contributed by atoms with Crippen LogP contribution in [0.1, 0.15) is 34.1 Å². The summed E-state index contributed by atoms with van der Waals surface area (Å²) in [5.41, 5.74) is 0.0936. The molecule has 0 aromatic rings. The Labute approximate surface area is 74.6 Å². The minimum Gasteiger partial charge on any atom is -0.393 e. The lowest BCUT2D eigenvalue weighted by Crippen LogP contribution is -2.32. The van der Waals surface area contributed by atoms with Crippen LogP contribution in [-0.2, 0) is 0 Å². The van der Waals surface area contributed by atoms with Crippen molar-refractivity contribution in [3.05, 3.63) is 0 Å². The molecule has 1 aliphatic carbocycles. The Bertz CT molecular complexity index is 160. The molecule has 0 saturated heterocycles. The van der Waals surface area contributed by atoms with E-state index >= 15 is 0 Å². The molecule has 0 amide bonds. The van der Waals surface area contributed by atoms with Crippen LogP contribution in [0.5, 0.6) is 0 Å². The number of aliphatic hydroxyl groups excluding tert-OH is 2. The summed E-state index contributed by atoms with van der Waals surface area (Å²) in [6.45, 7) is 8.39. The molecule has 2 nitrogen and oxygen atoms in total. The van der Waals surface area contributed by atoms with Gasteiger partial charge in [-0.2, -0.15) is 0 Å². The predicted octanol–water partition coefficient (Wildman–Crippen LogP) is 1.41. The zero-order valence-electron chi connectivity index (χ0n) is 8.41. The minimum atomic E-state index is -0.324. The lowest BCUT2D eigenvalue weighted by molar-refractivity contribution is 0.0449. The second kappa shape index (κ2) is 3.00. The van der Waals surface area contributed by atoms with Crippen LogP contribution in [0.25, 0.3) is 0 Å². The van der Waals surface area contributed by atoms with Crippen molar-refractivity contribution in [2.24, 2.45) is 17.3 Å². The normalized spacial score (nSPS) is 43.5. The van der Waals surface area contributed by atoms with E-state index in [-0.39, 0.29) is 29.5 Å². The molecule has 0 unspecified atom stereocenters. The Morgan fingerprint density at radius 2 is 1.58 bits per heavy atom. The maximum Gasteiger partial charge on any atom is 0.0601 e. The molecule has 0 aliphatic heterocycles. The van der Waals surface area contributed by atoms with Crippen molar-refractivity contribution in [3.63, 3.8) is 0 Å². The third kappa shape index (κ3) is 1.64. The van der Waals surface area contributed by atoms with Crippen molar-refractivity contribution in [2.75, 3.05) is 0 Å². The van der Waals surface area contributed by atoms with Crippen LogP contribution in [0.3, 0.4) is 0 Å². The highest BCUT2D eigenvalue weighted by Crippen LogP contribution is 2.43. The third-order valence-corrected chi connectivity index (χ3v) is 3.07. The quantitative estimate of drug-likeness (QED) is 0.580. The Hall–Kier alpha value is -0.0800. The highest BCUT2D eigenvalue weighted by molar-refractivity contribution is 4.94. The average Bonchev–Trinajstić information content (AvgIpc) is 2.05. The van der Waals surface area contributed by atoms with Crippen LogP contribution in [0.4, 0.5) is 0 Å². The van der Waals surface area contributed by atoms with E-state index in [4.69, 9.17) is 0 Å². The number of rotatable bonds is 0. The molecule has 1 fully saturated rings. The first-order valence-corrected chi connectivity index (χ1v) is 4.70. The van der Waals surface area contributed by atoms with E-state index in [0.717, 1.165) is 0 Å². The van der Waals surface area contributed by atoms with Gasteiger partial charge in [-0.15, -0.1) is 0 Å². The lowest BCUT2D eigenvalue weighted by atomic mass is 9.74. The van der Waals surface area contributed by atoms with Crippen molar-refractivity contribution < 1.29 is 10.2 Å². The van der Waals surface area contributed by atoms with Gasteiger partial charge in [0, 0.05) is 0 Å². The third-order valence-electron chi connectivity index (χ3n) is 3.07. The first-order valence-electron chi connectivity index (χ1n) is 4.70. The Balaban J connectivity index is 2.77. The van der Waals surface area contributed by atoms with E-state index < -0.39 is 0 Å². The predicted molar refractivity (Wildman–Crippen MR) is 48.7 cm³/mol. The van der Waals surface area contributed by atoms with Crippen LogP contribution in [-0.4, -0.2) is 22.4 Å². The van der Waals surface area contributed by atoms with Gasteiger partial charge in [-0.1, -0.05) is 27.7 Å². The fourth-order valence-electron chi connectivity index (χ4n) is 2.56. The molecule has 4 atom stereocenters. The number of hydrogen-bond donors (Lipinski definition) is 2. The van der Waals surface area contributed by atoms with Gasteiger partial charge in [0.15, 0.2) is 0 Å². The minimum absolute atomic E-state index is 0.0936. The molecular weight excluding hydrogens is 152 g/mol. The Kier molecular flexibility index (Phi) is 2.50. The van der Waals surface area contributed by atoms with E-state index in [0.29, 0.717) is 6.42 Å². The fraction of sp³-hybridized carbons (Fsp3) is 1.00. The highest BCUT2D eigenvalue weighted by Gasteiger charge is 2.44. The van der Waals surface area contributed by atoms with Gasteiger partial charge in [-0.05, 0) is 23.7 Å². The molecule has 2 heteroatoms. The standard InChI is InChI=1S/C10H20O2/c1-6-7(11)5-8(12)9(6)10(2,3)4/h6-9,11-12H,5H2,1-4H3/t6-,7+,8-,9-/m1/s1. The van der Waals surface area contributed by atoms with Crippen LogP contribution in [0, 0.1) is 17.3 Å². The molecule has 0 spiro atoms. The number of hydrogen-bond acceptors (Lipinski definition) is 2. The summed E-state index contributed by atoms with van der Waals surface area (Å²) in [7, 11) is 0. The SMILES string of the molecule is C[C@H]1[C@@H](C(C)(C)C)[C@H](O)C[C@@H]1O. The monoisotopic (exact) mass is 172 g/mol. The lowest BCUT2D eigenvalue weighted by Gasteiger charge is -2.33. The van der Waals surface area contributed by atoms with E-state index in [9.17, 15) is 10.2 Å². The molecule has 12 heavy (non-hydrogen) atoms. The molecule has 1 saturated carbocycles. The first kappa shape index (κ1) is 10.0. The largest absolute Gasteiger partial charge is 0.393 e. The molecular formula is C10H20O2. The average molecular weight is 172 g/mol.